The van der Waals surface area contributed by atoms with Gasteiger partial charge >= 0.3 is 0 Å². The van der Waals surface area contributed by atoms with Crippen LogP contribution in [0.2, 0.25) is 10.0 Å². The third kappa shape index (κ3) is 20.7. The largest absolute Gasteiger partial charge is 0.343 e. The lowest BCUT2D eigenvalue weighted by Gasteiger charge is -2.47. The van der Waals surface area contributed by atoms with Crippen molar-refractivity contribution in [2.45, 2.75) is 156 Å². The minimum absolute atomic E-state index is 0.0652. The van der Waals surface area contributed by atoms with Crippen molar-refractivity contribution < 1.29 is 28.8 Å². The van der Waals surface area contributed by atoms with Crippen molar-refractivity contribution in [2.24, 2.45) is 35.5 Å². The minimum atomic E-state index is 0.0652. The summed E-state index contributed by atoms with van der Waals surface area (Å²) in [6.45, 7) is 30.1. The van der Waals surface area contributed by atoms with E-state index >= 15 is 0 Å². The van der Waals surface area contributed by atoms with Gasteiger partial charge in [-0.2, -0.15) is 22.7 Å². The first kappa shape index (κ1) is 78.0. The molecule has 6 amide bonds. The highest BCUT2D eigenvalue weighted by molar-refractivity contribution is 7.08. The van der Waals surface area contributed by atoms with Crippen molar-refractivity contribution in [2.75, 3.05) is 98.2 Å². The van der Waals surface area contributed by atoms with E-state index in [1.807, 2.05) is 63.6 Å². The molecule has 2 aromatic carbocycles. The van der Waals surface area contributed by atoms with Crippen molar-refractivity contribution in [3.63, 3.8) is 0 Å². The van der Waals surface area contributed by atoms with Gasteiger partial charge in [-0.3, -0.25) is 53.4 Å². The number of amides is 6. The molecule has 0 spiro atoms. The first-order valence-corrected chi connectivity index (χ1v) is 40.0. The second-order valence-electron chi connectivity index (χ2n) is 30.1. The Morgan fingerprint density at radius 1 is 0.392 bits per heavy atom. The molecule has 0 bridgehead atoms. The minimum Gasteiger partial charge on any atom is -0.343 e. The Labute approximate surface area is 624 Å². The van der Waals surface area contributed by atoms with Gasteiger partial charge in [0.2, 0.25) is 35.4 Å². The highest BCUT2D eigenvalue weighted by Gasteiger charge is 2.41. The van der Waals surface area contributed by atoms with E-state index in [1.165, 1.54) is 27.8 Å². The van der Waals surface area contributed by atoms with E-state index < -0.39 is 0 Å². The van der Waals surface area contributed by atoms with E-state index in [0.717, 1.165) is 152 Å². The number of pyridine rings is 2. The molecule has 17 nitrogen and oxygen atoms in total. The summed E-state index contributed by atoms with van der Waals surface area (Å²) in [5.41, 5.74) is 7.43. The summed E-state index contributed by atoms with van der Waals surface area (Å²) >= 11 is 15.9. The van der Waals surface area contributed by atoms with Crippen molar-refractivity contribution in [1.82, 2.24) is 54.1 Å². The molecule has 0 saturated carbocycles. The van der Waals surface area contributed by atoms with Gasteiger partial charge in [0.05, 0.1) is 18.1 Å². The van der Waals surface area contributed by atoms with E-state index in [2.05, 4.69) is 157 Å². The van der Waals surface area contributed by atoms with Crippen LogP contribution in [-0.2, 0) is 28.8 Å². The summed E-state index contributed by atoms with van der Waals surface area (Å²) in [5.74, 6) is 3.47. The molecule has 550 valence electrons. The lowest BCUT2D eigenvalue weighted by Crippen LogP contribution is -2.58. The second-order valence-corrected chi connectivity index (χ2v) is 32.6. The predicted molar refractivity (Wildman–Crippen MR) is 410 cm³/mol. The normalized spacial score (nSPS) is 20.8. The third-order valence-corrected chi connectivity index (χ3v) is 24.3. The quantitative estimate of drug-likeness (QED) is 0.0806. The first-order valence-electron chi connectivity index (χ1n) is 37.3. The Morgan fingerprint density at radius 2 is 0.716 bits per heavy atom. The smallest absolute Gasteiger partial charge is 0.223 e. The van der Waals surface area contributed by atoms with Gasteiger partial charge in [0, 0.05) is 191 Å². The van der Waals surface area contributed by atoms with Gasteiger partial charge in [0.15, 0.2) is 0 Å². The standard InChI is InChI=1S/2C28H37ClN4O2.C25H35N3O2S2/c1-20(2)26-19-32(28(24-8-12-30-13-9-24)23-4-6-25(29)7-5-23)16-17-33(26)27(35)18-22-10-14-31(15-11-22)21(3)34;1-20(2)26-19-32(28(24-5-4-12-30-18-24)23-6-8-25(29)9-7-23)15-16-33(26)27(35)17-22-10-13-31(14-11-22)21(3)34;1-18(2)23-15-27(25(21-6-12-31-16-21)22-7-13-32-17-22)10-11-28(23)24(30)14-20-4-8-26(9-5-20)19(3)29/h4-9,12-13,20,22,26,28H,10-11,14-19H2,1-3H3;4-9,12,18,20,22,26,28H,10-11,13-17,19H2,1-3H3;6-7,12-13,16-18,20,23,25H,4-5,8-11,14-15H2,1-3H3/t2*26-,28?;23-/m111/s1. The third-order valence-electron chi connectivity index (χ3n) is 22.4. The number of rotatable bonds is 18. The molecular weight excluding hydrogens is 1360 g/mol. The van der Waals surface area contributed by atoms with Crippen LogP contribution in [0.4, 0.5) is 0 Å². The molecule has 4 aromatic heterocycles. The van der Waals surface area contributed by atoms with Crippen LogP contribution in [0.1, 0.15) is 172 Å². The number of halogens is 2. The van der Waals surface area contributed by atoms with E-state index in [-0.39, 0.29) is 65.8 Å². The fourth-order valence-electron chi connectivity index (χ4n) is 16.4. The maximum atomic E-state index is 13.5. The summed E-state index contributed by atoms with van der Waals surface area (Å²) < 4.78 is 0. The molecule has 2 unspecified atom stereocenters. The van der Waals surface area contributed by atoms with Gasteiger partial charge in [-0.15, -0.1) is 0 Å². The molecule has 102 heavy (non-hydrogen) atoms. The molecule has 5 atom stereocenters. The van der Waals surface area contributed by atoms with E-state index in [1.54, 1.807) is 49.6 Å². The number of carbonyl (C=O) groups is 6. The Bertz CT molecular complexity index is 3410. The van der Waals surface area contributed by atoms with Gasteiger partial charge < -0.3 is 29.4 Å². The summed E-state index contributed by atoms with van der Waals surface area (Å²) in [6.07, 6.45) is 14.7. The van der Waals surface area contributed by atoms with E-state index in [0.29, 0.717) is 60.7 Å². The van der Waals surface area contributed by atoms with Crippen LogP contribution in [-0.4, -0.2) is 206 Å². The molecule has 6 fully saturated rings. The van der Waals surface area contributed by atoms with Crippen molar-refractivity contribution in [3.05, 3.63) is 175 Å². The molecule has 21 heteroatoms. The second kappa shape index (κ2) is 37.4. The number of aromatic nitrogens is 2. The summed E-state index contributed by atoms with van der Waals surface area (Å²) in [5, 5.41) is 10.3. The summed E-state index contributed by atoms with van der Waals surface area (Å²) in [7, 11) is 0. The Balaban J connectivity index is 0.000000165. The number of carbonyl (C=O) groups excluding carboxylic acids is 6. The highest BCUT2D eigenvalue weighted by Crippen LogP contribution is 2.38. The zero-order valence-electron chi connectivity index (χ0n) is 61.5. The molecule has 0 radical (unpaired) electrons. The maximum Gasteiger partial charge on any atom is 0.223 e. The molecule has 6 aliphatic heterocycles. The number of hydrogen-bond donors (Lipinski definition) is 0. The number of piperidine rings is 3. The van der Waals surface area contributed by atoms with Gasteiger partial charge in [0.1, 0.15) is 0 Å². The molecule has 6 aliphatic rings. The van der Waals surface area contributed by atoms with Gasteiger partial charge in [-0.25, -0.2) is 0 Å². The summed E-state index contributed by atoms with van der Waals surface area (Å²) in [6, 6.07) is 29.9. The van der Waals surface area contributed by atoms with Crippen LogP contribution in [0.15, 0.2) is 131 Å². The molecule has 6 aromatic rings. The zero-order chi connectivity index (χ0) is 72.6. The summed E-state index contributed by atoms with van der Waals surface area (Å²) in [4.78, 5) is 103. The number of nitrogens with zero attached hydrogens (tertiary/aromatic N) is 11. The van der Waals surface area contributed by atoms with Crippen LogP contribution in [0, 0.1) is 35.5 Å². The van der Waals surface area contributed by atoms with Gasteiger partial charge in [0.25, 0.3) is 0 Å². The lowest BCUT2D eigenvalue weighted by molar-refractivity contribution is -0.140. The van der Waals surface area contributed by atoms with Gasteiger partial charge in [-0.05, 0) is 184 Å². The van der Waals surface area contributed by atoms with Crippen molar-refractivity contribution >= 4 is 81.3 Å². The predicted octanol–water partition coefficient (Wildman–Crippen LogP) is 14.0. The SMILES string of the molecule is CC(=O)N1CCC(CC(=O)N2CCN(C(c3ccc(Cl)cc3)c3cccnc3)C[C@@H]2C(C)C)CC1.CC(=O)N1CCC(CC(=O)N2CCN(C(c3ccncc3)c3ccc(Cl)cc3)C[C@@H]2C(C)C)CC1.CC(=O)N1CCC(CC(=O)N2CCN(C(c3ccsc3)c3ccsc3)C[C@@H]2C(C)C)CC1. The molecule has 6 saturated heterocycles. The number of hydrogen-bond acceptors (Lipinski definition) is 13. The van der Waals surface area contributed by atoms with Gasteiger partial charge in [-0.1, -0.05) is 95.1 Å². The van der Waals surface area contributed by atoms with Crippen molar-refractivity contribution in [3.8, 4) is 0 Å². The topological polar surface area (TPSA) is 157 Å². The average molecular weight is 1470 g/mol. The van der Waals surface area contributed by atoms with Crippen LogP contribution in [0.5, 0.6) is 0 Å². The molecule has 0 aliphatic carbocycles. The maximum absolute atomic E-state index is 13.5. The first-order chi connectivity index (χ1) is 49.1. The van der Waals surface area contributed by atoms with Crippen LogP contribution >= 0.6 is 45.9 Å². The molecule has 10 heterocycles. The number of likely N-dealkylation sites (tertiary alicyclic amines) is 3. The number of benzene rings is 2. The van der Waals surface area contributed by atoms with Crippen LogP contribution in [0.3, 0.4) is 0 Å². The van der Waals surface area contributed by atoms with Crippen LogP contribution < -0.4 is 0 Å². The molecule has 12 rings (SSSR count). The number of thiophene rings is 2. The Hall–Kier alpha value is -6.58. The number of piperazine rings is 3. The average Bonchev–Trinajstić information content (AvgIpc) is 0.986. The van der Waals surface area contributed by atoms with Crippen molar-refractivity contribution in [1.29, 1.82) is 0 Å². The highest BCUT2D eigenvalue weighted by atomic mass is 35.5. The monoisotopic (exact) mass is 1470 g/mol. The van der Waals surface area contributed by atoms with E-state index in [9.17, 15) is 28.8 Å². The fourth-order valence-corrected chi connectivity index (χ4v) is 18.0. The zero-order valence-corrected chi connectivity index (χ0v) is 64.7. The Morgan fingerprint density at radius 3 is 1.01 bits per heavy atom. The lowest BCUT2D eigenvalue weighted by atomic mass is 9.90. The molecular formula is C81H109Cl2N11O6S2. The van der Waals surface area contributed by atoms with E-state index in [4.69, 9.17) is 23.2 Å². The Kier molecular flexibility index (Phi) is 28.6. The molecule has 0 N–H and O–H groups in total. The fraction of sp³-hybridized carbons (Fsp3) is 0.556. The van der Waals surface area contributed by atoms with Crippen LogP contribution in [0.25, 0.3) is 0 Å².